The van der Waals surface area contributed by atoms with Gasteiger partial charge in [0.1, 0.15) is 20.9 Å². The maximum atomic E-state index is 12.8. The first-order chi connectivity index (χ1) is 19.7. The van der Waals surface area contributed by atoms with Crippen LogP contribution < -0.4 is 10.5 Å². The molecule has 0 bridgehead atoms. The Morgan fingerprint density at radius 1 is 1.07 bits per heavy atom. The van der Waals surface area contributed by atoms with Gasteiger partial charge in [-0.05, 0) is 30.2 Å². The maximum Gasteiger partial charge on any atom is 0.490 e. The highest BCUT2D eigenvalue weighted by molar-refractivity contribution is 7.91. The number of fused-ring (bicyclic) bond motifs is 1. The van der Waals surface area contributed by atoms with Gasteiger partial charge in [-0.25, -0.2) is 23.0 Å². The van der Waals surface area contributed by atoms with E-state index in [4.69, 9.17) is 30.9 Å². The number of sulfonamides is 1. The van der Waals surface area contributed by atoms with Gasteiger partial charge in [0.15, 0.2) is 0 Å². The SMILES string of the molecule is N=C(N)c1cccc(CN2CC[C@H](NS(=O)(=O)c3cc4cccnc4s3)C2=O)c1.O=C(O)C(F)(F)F.O=C(O)C(F)(F)F. The van der Waals surface area contributed by atoms with Crippen molar-refractivity contribution in [3.8, 4) is 0 Å². The van der Waals surface area contributed by atoms with Crippen molar-refractivity contribution in [1.29, 1.82) is 5.41 Å². The van der Waals surface area contributed by atoms with Gasteiger partial charge in [0, 0.05) is 30.2 Å². The average Bonchev–Trinajstić information content (AvgIpc) is 3.48. The molecule has 234 valence electrons. The minimum absolute atomic E-state index is 0.0388. The molecule has 0 radical (unpaired) electrons. The molecule has 0 saturated carbocycles. The van der Waals surface area contributed by atoms with Gasteiger partial charge in [-0.2, -0.15) is 31.1 Å². The Labute approximate surface area is 242 Å². The molecule has 1 aliphatic rings. The lowest BCUT2D eigenvalue weighted by molar-refractivity contribution is -0.193. The Bertz CT molecular complexity index is 1550. The average molecular weight is 658 g/mol. The van der Waals surface area contributed by atoms with Crippen molar-refractivity contribution in [3.63, 3.8) is 0 Å². The Hall–Kier alpha value is -4.30. The second-order valence-corrected chi connectivity index (χ2v) is 11.4. The van der Waals surface area contributed by atoms with Crippen LogP contribution in [0.15, 0.2) is 52.9 Å². The van der Waals surface area contributed by atoms with Crippen LogP contribution in [-0.2, 0) is 31.0 Å². The molecular formula is C23H21F6N5O7S2. The monoisotopic (exact) mass is 657 g/mol. The number of thiophene rings is 1. The number of rotatable bonds is 6. The second-order valence-electron chi connectivity index (χ2n) is 8.41. The Kier molecular flexibility index (Phi) is 11.2. The number of nitrogens with two attached hydrogens (primary N) is 1. The maximum absolute atomic E-state index is 12.8. The Balaban J connectivity index is 0.000000384. The molecule has 43 heavy (non-hydrogen) atoms. The van der Waals surface area contributed by atoms with Crippen molar-refractivity contribution in [2.24, 2.45) is 5.73 Å². The summed E-state index contributed by atoms with van der Waals surface area (Å²) in [4.78, 5) is 36.9. The number of amides is 1. The smallest absolute Gasteiger partial charge is 0.475 e. The van der Waals surface area contributed by atoms with Crippen LogP contribution in [-0.4, -0.2) is 77.1 Å². The predicted molar refractivity (Wildman–Crippen MR) is 139 cm³/mol. The van der Waals surface area contributed by atoms with Crippen LogP contribution in [0.25, 0.3) is 10.2 Å². The number of carbonyl (C=O) groups excluding carboxylic acids is 1. The van der Waals surface area contributed by atoms with E-state index in [1.807, 2.05) is 6.07 Å². The summed E-state index contributed by atoms with van der Waals surface area (Å²) < 4.78 is 91.7. The van der Waals surface area contributed by atoms with Crippen LogP contribution in [0.2, 0.25) is 0 Å². The molecule has 1 atom stereocenters. The normalized spacial score (nSPS) is 15.3. The van der Waals surface area contributed by atoms with E-state index in [0.717, 1.165) is 22.3 Å². The number of aliphatic carboxylic acids is 2. The molecule has 4 rings (SSSR count). The first kappa shape index (κ1) is 34.9. The molecular weight excluding hydrogens is 636 g/mol. The first-order valence-corrected chi connectivity index (χ1v) is 13.7. The van der Waals surface area contributed by atoms with Crippen molar-refractivity contribution in [2.75, 3.05) is 6.54 Å². The third kappa shape index (κ3) is 10.2. The third-order valence-corrected chi connectivity index (χ3v) is 8.23. The third-order valence-electron chi connectivity index (χ3n) is 5.23. The summed E-state index contributed by atoms with van der Waals surface area (Å²) in [5, 5.41) is 22.5. The zero-order chi connectivity index (χ0) is 32.8. The fraction of sp³-hybridized carbons (Fsp3) is 0.261. The zero-order valence-corrected chi connectivity index (χ0v) is 22.9. The number of nitrogens with zero attached hydrogens (tertiary/aromatic N) is 2. The molecule has 2 aromatic heterocycles. The molecule has 1 aromatic carbocycles. The largest absolute Gasteiger partial charge is 0.490 e. The molecule has 1 fully saturated rings. The Morgan fingerprint density at radius 2 is 1.65 bits per heavy atom. The summed E-state index contributed by atoms with van der Waals surface area (Å²) in [5.74, 6) is -5.82. The summed E-state index contributed by atoms with van der Waals surface area (Å²) in [5.41, 5.74) is 6.94. The number of alkyl halides is 6. The topological polar surface area (TPSA) is 204 Å². The van der Waals surface area contributed by atoms with Crippen molar-refractivity contribution >= 4 is 55.3 Å². The molecule has 3 aromatic rings. The number of nitrogen functional groups attached to an aromatic ring is 1. The molecule has 3 heterocycles. The molecule has 20 heteroatoms. The highest BCUT2D eigenvalue weighted by Crippen LogP contribution is 2.28. The van der Waals surface area contributed by atoms with Crippen LogP contribution in [0.5, 0.6) is 0 Å². The van der Waals surface area contributed by atoms with Crippen LogP contribution in [0.4, 0.5) is 26.3 Å². The lowest BCUT2D eigenvalue weighted by atomic mass is 10.1. The number of carboxylic acid groups (broad SMARTS) is 2. The van der Waals surface area contributed by atoms with Crippen molar-refractivity contribution in [2.45, 2.75) is 35.6 Å². The number of nitrogens with one attached hydrogen (secondary N) is 2. The van der Waals surface area contributed by atoms with Crippen LogP contribution >= 0.6 is 11.3 Å². The van der Waals surface area contributed by atoms with Gasteiger partial charge in [0.05, 0.1) is 0 Å². The molecule has 0 spiro atoms. The fourth-order valence-electron chi connectivity index (χ4n) is 3.29. The van der Waals surface area contributed by atoms with Gasteiger partial charge in [0.2, 0.25) is 5.91 Å². The van der Waals surface area contributed by atoms with Crippen LogP contribution in [0, 0.1) is 5.41 Å². The van der Waals surface area contributed by atoms with Gasteiger partial charge in [-0.1, -0.05) is 24.3 Å². The zero-order valence-electron chi connectivity index (χ0n) is 21.3. The number of aromatic nitrogens is 1. The number of likely N-dealkylation sites (tertiary alicyclic amines) is 1. The molecule has 0 aliphatic carbocycles. The minimum atomic E-state index is -5.08. The molecule has 0 unspecified atom stereocenters. The van der Waals surface area contributed by atoms with Crippen LogP contribution in [0.1, 0.15) is 17.5 Å². The summed E-state index contributed by atoms with van der Waals surface area (Å²) >= 11 is 1.08. The quantitative estimate of drug-likeness (QED) is 0.150. The molecule has 12 nitrogen and oxygen atoms in total. The van der Waals surface area contributed by atoms with Crippen molar-refractivity contribution < 1.29 is 59.4 Å². The second kappa shape index (κ2) is 13.8. The number of amidine groups is 1. The van der Waals surface area contributed by atoms with E-state index in [9.17, 15) is 39.6 Å². The lowest BCUT2D eigenvalue weighted by Crippen LogP contribution is -2.41. The minimum Gasteiger partial charge on any atom is -0.475 e. The fourth-order valence-corrected chi connectivity index (χ4v) is 5.84. The van der Waals surface area contributed by atoms with E-state index in [-0.39, 0.29) is 16.0 Å². The van der Waals surface area contributed by atoms with E-state index in [1.54, 1.807) is 47.5 Å². The molecule has 6 N–H and O–H groups in total. The molecule has 1 amide bonds. The van der Waals surface area contributed by atoms with Gasteiger partial charge >= 0.3 is 24.3 Å². The number of carbonyl (C=O) groups is 3. The van der Waals surface area contributed by atoms with Crippen molar-refractivity contribution in [3.05, 3.63) is 59.8 Å². The number of hydrogen-bond donors (Lipinski definition) is 5. The van der Waals surface area contributed by atoms with Gasteiger partial charge in [-0.15, -0.1) is 11.3 Å². The van der Waals surface area contributed by atoms with Crippen LogP contribution in [0.3, 0.4) is 0 Å². The van der Waals surface area contributed by atoms with E-state index >= 15 is 0 Å². The lowest BCUT2D eigenvalue weighted by Gasteiger charge is -2.17. The molecule has 1 saturated heterocycles. The van der Waals surface area contributed by atoms with Gasteiger partial charge in [0.25, 0.3) is 10.0 Å². The summed E-state index contributed by atoms with van der Waals surface area (Å²) in [6, 6.07) is 11.4. The van der Waals surface area contributed by atoms with E-state index < -0.39 is 40.4 Å². The van der Waals surface area contributed by atoms with Crippen molar-refractivity contribution in [1.82, 2.24) is 14.6 Å². The number of pyridine rings is 1. The highest BCUT2D eigenvalue weighted by Gasteiger charge is 2.39. The predicted octanol–water partition coefficient (Wildman–Crippen LogP) is 2.93. The number of halogens is 6. The van der Waals surface area contributed by atoms with Gasteiger partial charge < -0.3 is 20.8 Å². The summed E-state index contributed by atoms with van der Waals surface area (Å²) in [6.07, 6.45) is -8.16. The van der Waals surface area contributed by atoms with E-state index in [2.05, 4.69) is 9.71 Å². The molecule has 1 aliphatic heterocycles. The van der Waals surface area contributed by atoms with E-state index in [0.29, 0.717) is 29.9 Å². The summed E-state index contributed by atoms with van der Waals surface area (Å²) in [6.45, 7) is 0.787. The Morgan fingerprint density at radius 3 is 2.16 bits per heavy atom. The van der Waals surface area contributed by atoms with Gasteiger partial charge in [-0.3, -0.25) is 10.2 Å². The standard InChI is InChI=1S/C19H19N5O3S2.2C2HF3O2/c20-17(21)13-4-1-3-12(9-13)11-24-8-6-15(19(24)25)23-29(26,27)16-10-14-5-2-7-22-18(14)28-16;2*3-2(4,5)1(6)7/h1-5,7,9-10,15,23H,6,8,11H2,(H3,20,21);2*(H,6,7)/t15-;;/m0../s1. The first-order valence-electron chi connectivity index (χ1n) is 11.4. The summed E-state index contributed by atoms with van der Waals surface area (Å²) in [7, 11) is -3.82. The van der Waals surface area contributed by atoms with E-state index in [1.165, 1.54) is 0 Å². The highest BCUT2D eigenvalue weighted by atomic mass is 32.2. The number of hydrogen-bond acceptors (Lipinski definition) is 8. The number of benzene rings is 1. The number of carboxylic acids is 2.